The molecule has 3 heterocycles. The third-order valence-corrected chi connectivity index (χ3v) is 4.49. The quantitative estimate of drug-likeness (QED) is 0.591. The lowest BCUT2D eigenvalue weighted by molar-refractivity contribution is 0.417. The highest BCUT2D eigenvalue weighted by molar-refractivity contribution is 7.15. The number of imidazole rings is 1. The minimum atomic E-state index is 0.420. The molecule has 120 valence electrons. The molecule has 1 N–H and O–H groups in total. The summed E-state index contributed by atoms with van der Waals surface area (Å²) in [6.07, 6.45) is 3.60. The zero-order valence-electron chi connectivity index (χ0n) is 12.6. The fourth-order valence-corrected chi connectivity index (χ4v) is 3.44. The van der Waals surface area contributed by atoms with Gasteiger partial charge in [-0.1, -0.05) is 23.7 Å². The molecule has 0 fully saturated rings. The number of thiazole rings is 1. The number of anilines is 2. The zero-order valence-corrected chi connectivity index (χ0v) is 14.2. The number of nitrogens with zero attached hydrogens (tertiary/aromatic N) is 4. The highest BCUT2D eigenvalue weighted by Gasteiger charge is 2.15. The first-order chi connectivity index (χ1) is 11.8. The van der Waals surface area contributed by atoms with Crippen molar-refractivity contribution in [2.24, 2.45) is 0 Å². The summed E-state index contributed by atoms with van der Waals surface area (Å²) < 4.78 is 7.25. The SMILES string of the molecule is COc1ccccc1Nc1nccc(-c2c(Cl)nc3sccn23)n1. The first-order valence-corrected chi connectivity index (χ1v) is 8.36. The summed E-state index contributed by atoms with van der Waals surface area (Å²) in [7, 11) is 1.62. The molecular formula is C16H12ClN5OS. The lowest BCUT2D eigenvalue weighted by atomic mass is 10.3. The molecule has 4 rings (SSSR count). The van der Waals surface area contributed by atoms with Gasteiger partial charge in [-0.25, -0.2) is 15.0 Å². The summed E-state index contributed by atoms with van der Waals surface area (Å²) in [6, 6.07) is 9.39. The van der Waals surface area contributed by atoms with Crippen molar-refractivity contribution >= 4 is 39.5 Å². The summed E-state index contributed by atoms with van der Waals surface area (Å²) in [5.41, 5.74) is 2.23. The number of para-hydroxylation sites is 2. The van der Waals surface area contributed by atoms with Crippen LogP contribution in [-0.4, -0.2) is 26.5 Å². The van der Waals surface area contributed by atoms with Crippen molar-refractivity contribution in [2.45, 2.75) is 0 Å². The number of aromatic nitrogens is 4. The largest absolute Gasteiger partial charge is 0.495 e. The van der Waals surface area contributed by atoms with Gasteiger partial charge in [0.25, 0.3) is 0 Å². The van der Waals surface area contributed by atoms with Gasteiger partial charge in [-0.05, 0) is 18.2 Å². The van der Waals surface area contributed by atoms with E-state index < -0.39 is 0 Å². The molecule has 0 bridgehead atoms. The van der Waals surface area contributed by atoms with Crippen LogP contribution in [0.2, 0.25) is 5.15 Å². The Morgan fingerprint density at radius 2 is 2.08 bits per heavy atom. The van der Waals surface area contributed by atoms with Crippen LogP contribution in [0.4, 0.5) is 11.6 Å². The smallest absolute Gasteiger partial charge is 0.227 e. The Labute approximate surface area is 146 Å². The lowest BCUT2D eigenvalue weighted by Gasteiger charge is -2.10. The summed E-state index contributed by atoms with van der Waals surface area (Å²) in [5.74, 6) is 1.17. The van der Waals surface area contributed by atoms with Gasteiger partial charge in [-0.15, -0.1) is 11.3 Å². The Bertz CT molecular complexity index is 1010. The maximum Gasteiger partial charge on any atom is 0.227 e. The molecule has 8 heteroatoms. The molecule has 0 aliphatic heterocycles. The van der Waals surface area contributed by atoms with Crippen molar-refractivity contribution in [2.75, 3.05) is 12.4 Å². The number of ether oxygens (including phenoxy) is 1. The number of methoxy groups -OCH3 is 1. The number of hydrogen-bond donors (Lipinski definition) is 1. The molecule has 0 aliphatic rings. The van der Waals surface area contributed by atoms with Crippen LogP contribution in [0.25, 0.3) is 16.3 Å². The highest BCUT2D eigenvalue weighted by atomic mass is 35.5. The molecule has 1 aromatic carbocycles. The minimum absolute atomic E-state index is 0.420. The van der Waals surface area contributed by atoms with Gasteiger partial charge >= 0.3 is 0 Å². The molecule has 0 unspecified atom stereocenters. The molecule has 0 spiro atoms. The van der Waals surface area contributed by atoms with Crippen molar-refractivity contribution in [1.82, 2.24) is 19.4 Å². The van der Waals surface area contributed by atoms with E-state index in [9.17, 15) is 0 Å². The molecule has 24 heavy (non-hydrogen) atoms. The zero-order chi connectivity index (χ0) is 16.5. The summed E-state index contributed by atoms with van der Waals surface area (Å²) >= 11 is 7.80. The highest BCUT2D eigenvalue weighted by Crippen LogP contribution is 2.31. The Morgan fingerprint density at radius 3 is 2.96 bits per heavy atom. The van der Waals surface area contributed by atoms with Crippen molar-refractivity contribution in [3.05, 3.63) is 53.3 Å². The van der Waals surface area contributed by atoms with Crippen molar-refractivity contribution in [3.63, 3.8) is 0 Å². The average molecular weight is 358 g/mol. The predicted octanol–water partition coefficient (Wildman–Crippen LogP) is 4.26. The van der Waals surface area contributed by atoms with Gasteiger partial charge in [0.05, 0.1) is 18.5 Å². The maximum absolute atomic E-state index is 6.28. The van der Waals surface area contributed by atoms with Gasteiger partial charge in [-0.2, -0.15) is 0 Å². The molecule has 3 aromatic heterocycles. The van der Waals surface area contributed by atoms with Gasteiger partial charge < -0.3 is 10.1 Å². The van der Waals surface area contributed by atoms with E-state index in [-0.39, 0.29) is 0 Å². The molecule has 4 aromatic rings. The van der Waals surface area contributed by atoms with Crippen LogP contribution in [0.3, 0.4) is 0 Å². The van der Waals surface area contributed by atoms with E-state index in [1.807, 2.05) is 40.2 Å². The molecular weight excluding hydrogens is 346 g/mol. The second kappa shape index (κ2) is 6.10. The number of halogens is 1. The third-order valence-electron chi connectivity index (χ3n) is 3.47. The molecule has 0 saturated carbocycles. The van der Waals surface area contributed by atoms with Crippen molar-refractivity contribution in [1.29, 1.82) is 0 Å². The average Bonchev–Trinajstić information content (AvgIpc) is 3.15. The van der Waals surface area contributed by atoms with Crippen LogP contribution in [-0.2, 0) is 0 Å². The van der Waals surface area contributed by atoms with Crippen LogP contribution in [0, 0.1) is 0 Å². The predicted molar refractivity (Wildman–Crippen MR) is 95.4 cm³/mol. The third kappa shape index (κ3) is 2.57. The van der Waals surface area contributed by atoms with Gasteiger partial charge in [0.15, 0.2) is 10.1 Å². The summed E-state index contributed by atoms with van der Waals surface area (Å²) in [5, 5.41) is 5.55. The van der Waals surface area contributed by atoms with Crippen LogP contribution in [0.5, 0.6) is 5.75 Å². The standard InChI is InChI=1S/C16H12ClN5OS/c1-23-12-5-3-2-4-10(12)19-15-18-7-6-11(20-15)13-14(17)21-16-22(13)8-9-24-16/h2-9H,1H3,(H,18,19,20). The fraction of sp³-hybridized carbons (Fsp3) is 0.0625. The molecule has 0 radical (unpaired) electrons. The maximum atomic E-state index is 6.28. The fourth-order valence-electron chi connectivity index (χ4n) is 2.41. The van der Waals surface area contributed by atoms with Gasteiger partial charge in [0.2, 0.25) is 5.95 Å². The first kappa shape index (κ1) is 14.9. The summed E-state index contributed by atoms with van der Waals surface area (Å²) in [4.78, 5) is 14.0. The first-order valence-electron chi connectivity index (χ1n) is 7.11. The second-order valence-electron chi connectivity index (χ2n) is 4.90. The molecule has 0 atom stereocenters. The topological polar surface area (TPSA) is 64.3 Å². The number of hydrogen-bond acceptors (Lipinski definition) is 6. The molecule has 0 aliphatic carbocycles. The number of rotatable bonds is 4. The second-order valence-corrected chi connectivity index (χ2v) is 6.13. The van der Waals surface area contributed by atoms with Crippen LogP contribution < -0.4 is 10.1 Å². The number of fused-ring (bicyclic) bond motifs is 1. The lowest BCUT2D eigenvalue weighted by Crippen LogP contribution is -2.00. The Balaban J connectivity index is 1.74. The van der Waals surface area contributed by atoms with Crippen LogP contribution >= 0.6 is 22.9 Å². The van der Waals surface area contributed by atoms with Gasteiger partial charge in [-0.3, -0.25) is 4.40 Å². The number of nitrogens with one attached hydrogen (secondary N) is 1. The van der Waals surface area contributed by atoms with E-state index in [0.29, 0.717) is 22.5 Å². The Kier molecular flexibility index (Phi) is 3.79. The van der Waals surface area contributed by atoms with E-state index in [2.05, 4.69) is 20.3 Å². The monoisotopic (exact) mass is 357 g/mol. The van der Waals surface area contributed by atoms with Crippen LogP contribution in [0.1, 0.15) is 0 Å². The number of benzene rings is 1. The molecule has 6 nitrogen and oxygen atoms in total. The van der Waals surface area contributed by atoms with E-state index >= 15 is 0 Å². The van der Waals surface area contributed by atoms with Crippen molar-refractivity contribution in [3.8, 4) is 17.1 Å². The van der Waals surface area contributed by atoms with Crippen LogP contribution in [0.15, 0.2) is 48.1 Å². The van der Waals surface area contributed by atoms with E-state index in [0.717, 1.165) is 16.3 Å². The Hall–Kier alpha value is -2.64. The van der Waals surface area contributed by atoms with Gasteiger partial charge in [0.1, 0.15) is 11.4 Å². The molecule has 0 amide bonds. The molecule has 0 saturated heterocycles. The van der Waals surface area contributed by atoms with E-state index in [1.165, 1.54) is 11.3 Å². The van der Waals surface area contributed by atoms with E-state index in [1.54, 1.807) is 19.4 Å². The Morgan fingerprint density at radius 1 is 1.21 bits per heavy atom. The summed E-state index contributed by atoms with van der Waals surface area (Å²) in [6.45, 7) is 0. The minimum Gasteiger partial charge on any atom is -0.495 e. The van der Waals surface area contributed by atoms with E-state index in [4.69, 9.17) is 16.3 Å². The van der Waals surface area contributed by atoms with Gasteiger partial charge in [0, 0.05) is 17.8 Å². The van der Waals surface area contributed by atoms with Crippen molar-refractivity contribution < 1.29 is 4.74 Å². The normalized spacial score (nSPS) is 10.9.